The van der Waals surface area contributed by atoms with E-state index in [1.54, 1.807) is 26.1 Å². The average Bonchev–Trinajstić information content (AvgIpc) is 3.64. The summed E-state index contributed by atoms with van der Waals surface area (Å²) in [4.78, 5) is 40.8. The van der Waals surface area contributed by atoms with Gasteiger partial charge in [0.25, 0.3) is 5.91 Å². The molecule has 0 aliphatic heterocycles. The van der Waals surface area contributed by atoms with Crippen molar-refractivity contribution in [1.29, 1.82) is 0 Å². The molecular weight excluding hydrogens is 462 g/mol. The minimum absolute atomic E-state index is 0.127. The third-order valence-corrected chi connectivity index (χ3v) is 6.93. The number of nitrogens with zero attached hydrogens (tertiary/aromatic N) is 1. The Bertz CT molecular complexity index is 1190. The second kappa shape index (κ2) is 11.3. The second-order valence-electron chi connectivity index (χ2n) is 8.40. The zero-order chi connectivity index (χ0) is 24.8. The van der Waals surface area contributed by atoms with E-state index in [-0.39, 0.29) is 25.0 Å². The van der Waals surface area contributed by atoms with Gasteiger partial charge in [0, 0.05) is 30.1 Å². The van der Waals surface area contributed by atoms with Crippen LogP contribution >= 0.6 is 11.3 Å². The number of ether oxygens (including phenoxy) is 1. The number of benzene rings is 2. The summed E-state index contributed by atoms with van der Waals surface area (Å²) in [5.74, 6) is -0.745. The van der Waals surface area contributed by atoms with E-state index in [0.717, 1.165) is 28.8 Å². The Balaban J connectivity index is 1.47. The van der Waals surface area contributed by atoms with Crippen LogP contribution < -0.4 is 10.6 Å². The van der Waals surface area contributed by atoms with Crippen molar-refractivity contribution in [2.75, 3.05) is 25.5 Å². The van der Waals surface area contributed by atoms with Crippen LogP contribution in [0.2, 0.25) is 0 Å². The normalized spacial score (nSPS) is 12.9. The molecule has 182 valence electrons. The average molecular weight is 492 g/mol. The van der Waals surface area contributed by atoms with Gasteiger partial charge in [-0.3, -0.25) is 14.5 Å². The number of hydrogen-bond acceptors (Lipinski definition) is 6. The maximum Gasteiger partial charge on any atom is 0.350 e. The molecule has 0 atom stereocenters. The molecule has 0 saturated heterocycles. The van der Waals surface area contributed by atoms with Gasteiger partial charge in [0.15, 0.2) is 0 Å². The number of amides is 2. The molecule has 1 fully saturated rings. The molecule has 4 rings (SSSR count). The third-order valence-electron chi connectivity index (χ3n) is 5.76. The molecule has 2 N–H and O–H groups in total. The number of carbonyl (C=O) groups excluding carboxylic acids is 3. The highest BCUT2D eigenvalue weighted by atomic mass is 32.1. The maximum absolute atomic E-state index is 13.1. The molecule has 3 aromatic rings. The van der Waals surface area contributed by atoms with E-state index in [9.17, 15) is 14.4 Å². The molecule has 7 nitrogen and oxygen atoms in total. The summed E-state index contributed by atoms with van der Waals surface area (Å²) in [6, 6.07) is 19.4. The molecule has 0 spiro atoms. The molecule has 8 heteroatoms. The van der Waals surface area contributed by atoms with E-state index < -0.39 is 5.97 Å². The Morgan fingerprint density at radius 3 is 2.40 bits per heavy atom. The Labute approximate surface area is 209 Å². The second-order valence-corrected chi connectivity index (χ2v) is 9.45. The van der Waals surface area contributed by atoms with Gasteiger partial charge in [-0.1, -0.05) is 42.5 Å². The molecule has 0 bridgehead atoms. The predicted octanol–water partition coefficient (Wildman–Crippen LogP) is 4.55. The Hall–Kier alpha value is -3.49. The first-order valence-corrected chi connectivity index (χ1v) is 12.5. The van der Waals surface area contributed by atoms with E-state index in [1.165, 1.54) is 11.3 Å². The van der Waals surface area contributed by atoms with Gasteiger partial charge in [0.05, 0.1) is 18.8 Å². The molecule has 1 aromatic heterocycles. The first kappa shape index (κ1) is 24.6. The maximum atomic E-state index is 13.1. The Morgan fingerprint density at radius 2 is 1.77 bits per heavy atom. The summed E-state index contributed by atoms with van der Waals surface area (Å²) in [6.45, 7) is 2.84. The van der Waals surface area contributed by atoms with Crippen molar-refractivity contribution in [1.82, 2.24) is 10.2 Å². The first-order valence-electron chi connectivity index (χ1n) is 11.7. The Morgan fingerprint density at radius 1 is 1.06 bits per heavy atom. The van der Waals surface area contributed by atoms with Crippen LogP contribution in [-0.4, -0.2) is 48.9 Å². The lowest BCUT2D eigenvalue weighted by Gasteiger charge is -2.21. The van der Waals surface area contributed by atoms with Gasteiger partial charge < -0.3 is 15.4 Å². The number of nitrogens with one attached hydrogen (secondary N) is 2. The largest absolute Gasteiger partial charge is 0.462 e. The lowest BCUT2D eigenvalue weighted by Crippen LogP contribution is -2.34. The highest BCUT2D eigenvalue weighted by Gasteiger charge is 2.31. The van der Waals surface area contributed by atoms with E-state index in [2.05, 4.69) is 15.5 Å². The van der Waals surface area contributed by atoms with Gasteiger partial charge in [0.1, 0.15) is 4.88 Å². The molecule has 1 heterocycles. The van der Waals surface area contributed by atoms with Gasteiger partial charge >= 0.3 is 5.97 Å². The number of thiophene rings is 1. The highest BCUT2D eigenvalue weighted by Crippen LogP contribution is 2.35. The predicted molar refractivity (Wildman–Crippen MR) is 138 cm³/mol. The molecule has 1 saturated carbocycles. The topological polar surface area (TPSA) is 87.7 Å². The van der Waals surface area contributed by atoms with Crippen molar-refractivity contribution >= 4 is 34.8 Å². The van der Waals surface area contributed by atoms with Crippen LogP contribution in [0, 0.1) is 0 Å². The van der Waals surface area contributed by atoms with Crippen molar-refractivity contribution in [3.05, 3.63) is 76.7 Å². The standard InChI is InChI=1S/C27H29N3O4S/c1-3-34-27(33)25-22(15-23(35-25)19-7-5-4-6-8-19)29-24(31)17-30(21-13-14-21)16-18-9-11-20(12-10-18)26(32)28-2/h4-12,15,21H,3,13-14,16-17H2,1-2H3,(H,28,32)(H,29,31). The number of hydrogen-bond donors (Lipinski definition) is 2. The van der Waals surface area contributed by atoms with Crippen LogP contribution in [0.4, 0.5) is 5.69 Å². The summed E-state index contributed by atoms with van der Waals surface area (Å²) in [6.07, 6.45) is 2.10. The summed E-state index contributed by atoms with van der Waals surface area (Å²) in [7, 11) is 1.60. The molecule has 35 heavy (non-hydrogen) atoms. The minimum atomic E-state index is -0.440. The third kappa shape index (κ3) is 6.35. The zero-order valence-corrected chi connectivity index (χ0v) is 20.7. The number of rotatable bonds is 10. The van der Waals surface area contributed by atoms with Gasteiger partial charge in [-0.2, -0.15) is 0 Å². The zero-order valence-electron chi connectivity index (χ0n) is 19.9. The van der Waals surface area contributed by atoms with Crippen molar-refractivity contribution in [3.63, 3.8) is 0 Å². The fourth-order valence-corrected chi connectivity index (χ4v) is 4.86. The van der Waals surface area contributed by atoms with E-state index in [4.69, 9.17) is 4.74 Å². The molecule has 0 unspecified atom stereocenters. The Kier molecular flexibility index (Phi) is 7.94. The van der Waals surface area contributed by atoms with Crippen LogP contribution in [0.25, 0.3) is 10.4 Å². The summed E-state index contributed by atoms with van der Waals surface area (Å²) in [5.41, 5.74) is 3.09. The van der Waals surface area contributed by atoms with Crippen molar-refractivity contribution in [2.45, 2.75) is 32.4 Å². The fourth-order valence-electron chi connectivity index (χ4n) is 3.85. The van der Waals surface area contributed by atoms with Gasteiger partial charge in [-0.25, -0.2) is 4.79 Å². The van der Waals surface area contributed by atoms with E-state index >= 15 is 0 Å². The van der Waals surface area contributed by atoms with Gasteiger partial charge in [-0.05, 0) is 49.1 Å². The quantitative estimate of drug-likeness (QED) is 0.406. The van der Waals surface area contributed by atoms with Crippen molar-refractivity contribution in [3.8, 4) is 10.4 Å². The smallest absolute Gasteiger partial charge is 0.350 e. The monoisotopic (exact) mass is 491 g/mol. The summed E-state index contributed by atoms with van der Waals surface area (Å²) >= 11 is 1.31. The molecule has 0 radical (unpaired) electrons. The number of esters is 1. The minimum Gasteiger partial charge on any atom is -0.462 e. The SMILES string of the molecule is CCOC(=O)c1sc(-c2ccccc2)cc1NC(=O)CN(Cc1ccc(C(=O)NC)cc1)C1CC1. The van der Waals surface area contributed by atoms with Crippen LogP contribution in [0.15, 0.2) is 60.7 Å². The fraction of sp³-hybridized carbons (Fsp3) is 0.296. The van der Waals surface area contributed by atoms with Crippen LogP contribution in [-0.2, 0) is 16.1 Å². The van der Waals surface area contributed by atoms with E-state index in [0.29, 0.717) is 28.7 Å². The molecule has 1 aliphatic carbocycles. The van der Waals surface area contributed by atoms with Gasteiger partial charge in [-0.15, -0.1) is 11.3 Å². The van der Waals surface area contributed by atoms with E-state index in [1.807, 2.05) is 48.5 Å². The summed E-state index contributed by atoms with van der Waals surface area (Å²) < 4.78 is 5.22. The van der Waals surface area contributed by atoms with Crippen molar-refractivity contribution in [2.24, 2.45) is 0 Å². The molecule has 2 amide bonds. The highest BCUT2D eigenvalue weighted by molar-refractivity contribution is 7.18. The summed E-state index contributed by atoms with van der Waals surface area (Å²) in [5, 5.41) is 5.56. The molecule has 2 aromatic carbocycles. The lowest BCUT2D eigenvalue weighted by molar-refractivity contribution is -0.117. The molecular formula is C27H29N3O4S. The van der Waals surface area contributed by atoms with Crippen molar-refractivity contribution < 1.29 is 19.1 Å². The number of anilines is 1. The molecule has 1 aliphatic rings. The van der Waals surface area contributed by atoms with Gasteiger partial charge in [0.2, 0.25) is 5.91 Å². The van der Waals surface area contributed by atoms with Crippen LogP contribution in [0.5, 0.6) is 0 Å². The first-order chi connectivity index (χ1) is 17.0. The van der Waals surface area contributed by atoms with Crippen LogP contribution in [0.1, 0.15) is 45.4 Å². The number of carbonyl (C=O) groups is 3. The lowest BCUT2D eigenvalue weighted by atomic mass is 10.1. The van der Waals surface area contributed by atoms with Crippen LogP contribution in [0.3, 0.4) is 0 Å².